The van der Waals surface area contributed by atoms with E-state index in [0.29, 0.717) is 17.8 Å². The Balaban J connectivity index is 1.23. The van der Waals surface area contributed by atoms with Gasteiger partial charge >= 0.3 is 7.82 Å². The summed E-state index contributed by atoms with van der Waals surface area (Å²) in [4.78, 5) is 18.9. The molecule has 0 amide bonds. The third kappa shape index (κ3) is 16.7. The van der Waals surface area contributed by atoms with E-state index in [1.165, 1.54) is 114 Å². The molecule has 4 rings (SSSR count). The topological polar surface area (TPSA) is 230 Å². The van der Waals surface area contributed by atoms with Crippen LogP contribution in [0.25, 0.3) is 5.52 Å². The standard InChI is InChI=1S/C42H64N7O9P/c1-4-5-6-7-8-9-10-11-12-13-14-15-16-17-18-19-25-53-28-34(56-38-22-20-21-33(27-43)48-38)29-54-59(51,52)55-31-42(30-44)26-37(57-41(2,3)50)39(58-42)35-23-24-36-40(45)46-32-47-49(35)36/h20-24,32,34,37,39,50H,4-19,25-26,28-29,31H2,1-3H3,(H,51,52)(H2,45,46,47)/t34-,37-,39+,42-/m1/s1. The molecular weight excluding hydrogens is 777 g/mol. The lowest BCUT2D eigenvalue weighted by atomic mass is 9.99. The first-order valence-corrected chi connectivity index (χ1v) is 22.7. The van der Waals surface area contributed by atoms with E-state index in [0.717, 1.165) is 19.3 Å². The van der Waals surface area contributed by atoms with Gasteiger partial charge in [0.1, 0.15) is 48.5 Å². The second-order valence-corrected chi connectivity index (χ2v) is 17.2. The number of nitrogens with zero attached hydrogens (tertiary/aromatic N) is 6. The first kappa shape index (κ1) is 48.0. The highest BCUT2D eigenvalue weighted by Crippen LogP contribution is 2.48. The zero-order valence-corrected chi connectivity index (χ0v) is 35.9. The van der Waals surface area contributed by atoms with Crippen molar-refractivity contribution in [1.82, 2.24) is 19.6 Å². The minimum Gasteiger partial charge on any atom is -0.469 e. The lowest BCUT2D eigenvalue weighted by molar-refractivity contribution is -0.215. The summed E-state index contributed by atoms with van der Waals surface area (Å²) in [6.07, 6.45) is 18.7. The van der Waals surface area contributed by atoms with E-state index >= 15 is 0 Å². The van der Waals surface area contributed by atoms with Crippen molar-refractivity contribution in [1.29, 1.82) is 10.5 Å². The number of pyridine rings is 1. The number of aromatic nitrogens is 4. The number of rotatable bonds is 30. The summed E-state index contributed by atoms with van der Waals surface area (Å²) in [7, 11) is -4.81. The second-order valence-electron chi connectivity index (χ2n) is 15.8. The lowest BCUT2D eigenvalue weighted by Gasteiger charge is -2.26. The van der Waals surface area contributed by atoms with Gasteiger partial charge in [0.25, 0.3) is 0 Å². The van der Waals surface area contributed by atoms with E-state index in [4.69, 9.17) is 33.7 Å². The monoisotopic (exact) mass is 841 g/mol. The van der Waals surface area contributed by atoms with Gasteiger partial charge in [0.05, 0.1) is 25.0 Å². The summed E-state index contributed by atoms with van der Waals surface area (Å²) in [5.74, 6) is -1.27. The van der Waals surface area contributed by atoms with Crippen LogP contribution in [0.5, 0.6) is 5.88 Å². The lowest BCUT2D eigenvalue weighted by Crippen LogP contribution is -2.35. The van der Waals surface area contributed by atoms with Crippen LogP contribution in [0.15, 0.2) is 36.7 Å². The van der Waals surface area contributed by atoms with Crippen LogP contribution >= 0.6 is 7.82 Å². The average Bonchev–Trinajstić information content (AvgIpc) is 3.80. The summed E-state index contributed by atoms with van der Waals surface area (Å²) >= 11 is 0. The van der Waals surface area contributed by atoms with Crippen molar-refractivity contribution in [3.8, 4) is 18.0 Å². The minimum absolute atomic E-state index is 0.0133. The van der Waals surface area contributed by atoms with Gasteiger partial charge in [0.2, 0.25) is 5.88 Å². The fourth-order valence-corrected chi connectivity index (χ4v) is 7.91. The molecule has 0 aromatic carbocycles. The number of unbranched alkanes of at least 4 members (excludes halogenated alkanes) is 15. The normalized spacial score (nSPS) is 19.6. The number of nitrogens with two attached hydrogens (primary N) is 1. The van der Waals surface area contributed by atoms with E-state index in [9.17, 15) is 25.1 Å². The van der Waals surface area contributed by atoms with Crippen LogP contribution in [-0.4, -0.2) is 79.6 Å². The van der Waals surface area contributed by atoms with Crippen LogP contribution in [0.3, 0.4) is 0 Å². The van der Waals surface area contributed by atoms with Gasteiger partial charge in [-0.25, -0.2) is 19.0 Å². The quantitative estimate of drug-likeness (QED) is 0.0326. The van der Waals surface area contributed by atoms with Gasteiger partial charge in [-0.3, -0.25) is 9.05 Å². The SMILES string of the molecule is CCCCCCCCCCCCCCCCCCOC[C@H](COP(=O)(O)OC[C@]1(C#N)C[C@@H](OC(C)(C)O)[C@H](c2ccc3c(N)ncnn23)O1)Oc1cccc(C#N)n1. The molecule has 0 aliphatic carbocycles. The molecule has 1 saturated heterocycles. The molecule has 5 atom stereocenters. The molecule has 3 aromatic heterocycles. The highest BCUT2D eigenvalue weighted by atomic mass is 31.2. The number of fused-ring (bicyclic) bond motifs is 1. The maximum Gasteiger partial charge on any atom is 0.472 e. The second kappa shape index (κ2) is 24.5. The first-order chi connectivity index (χ1) is 28.4. The molecular formula is C42H64N7O9P. The predicted octanol–water partition coefficient (Wildman–Crippen LogP) is 8.27. The Kier molecular flexibility index (Phi) is 19.9. The number of anilines is 1. The van der Waals surface area contributed by atoms with Crippen molar-refractivity contribution in [2.45, 2.75) is 160 Å². The van der Waals surface area contributed by atoms with Gasteiger partial charge in [0.15, 0.2) is 17.2 Å². The van der Waals surface area contributed by atoms with Crippen LogP contribution in [0, 0.1) is 22.7 Å². The Labute approximate surface area is 348 Å². The maximum atomic E-state index is 13.2. The smallest absolute Gasteiger partial charge is 0.469 e. The van der Waals surface area contributed by atoms with Gasteiger partial charge in [-0.2, -0.15) is 15.6 Å². The molecule has 17 heteroatoms. The van der Waals surface area contributed by atoms with Crippen molar-refractivity contribution in [3.05, 3.63) is 48.0 Å². The molecule has 0 spiro atoms. The van der Waals surface area contributed by atoms with Crippen molar-refractivity contribution >= 4 is 19.2 Å². The fourth-order valence-electron chi connectivity index (χ4n) is 7.11. The van der Waals surface area contributed by atoms with Crippen LogP contribution in [0.1, 0.15) is 147 Å². The molecule has 3 aromatic rings. The maximum absolute atomic E-state index is 13.2. The van der Waals surface area contributed by atoms with Gasteiger partial charge in [-0.1, -0.05) is 109 Å². The Bertz CT molecular complexity index is 1830. The molecule has 1 aliphatic heterocycles. The average molecular weight is 842 g/mol. The van der Waals surface area contributed by atoms with Crippen molar-refractivity contribution < 1.29 is 42.6 Å². The van der Waals surface area contributed by atoms with E-state index in [1.54, 1.807) is 24.3 Å². The van der Waals surface area contributed by atoms with Crippen molar-refractivity contribution in [2.75, 3.05) is 32.2 Å². The Morgan fingerprint density at radius 2 is 1.61 bits per heavy atom. The van der Waals surface area contributed by atoms with Gasteiger partial charge in [-0.15, -0.1) is 0 Å². The Morgan fingerprint density at radius 1 is 0.966 bits per heavy atom. The summed E-state index contributed by atoms with van der Waals surface area (Å²) in [6.45, 7) is 4.50. The van der Waals surface area contributed by atoms with Crippen LogP contribution in [-0.2, 0) is 27.8 Å². The number of ether oxygens (including phenoxy) is 4. The predicted molar refractivity (Wildman–Crippen MR) is 221 cm³/mol. The van der Waals surface area contributed by atoms with E-state index < -0.39 is 50.7 Å². The van der Waals surface area contributed by atoms with E-state index in [1.807, 2.05) is 6.07 Å². The highest BCUT2D eigenvalue weighted by Gasteiger charge is 2.52. The van der Waals surface area contributed by atoms with Crippen LogP contribution in [0.2, 0.25) is 0 Å². The molecule has 326 valence electrons. The third-order valence-electron chi connectivity index (χ3n) is 10.1. The Hall–Kier alpha value is -3.70. The molecule has 1 fully saturated rings. The van der Waals surface area contributed by atoms with Crippen LogP contribution in [0.4, 0.5) is 5.82 Å². The molecule has 4 N–H and O–H groups in total. The zero-order chi connectivity index (χ0) is 42.6. The molecule has 0 saturated carbocycles. The number of nitriles is 2. The number of phosphoric ester groups is 1. The molecule has 59 heavy (non-hydrogen) atoms. The third-order valence-corrected chi connectivity index (χ3v) is 11.1. The summed E-state index contributed by atoms with van der Waals surface area (Å²) in [5, 5.41) is 34.4. The molecule has 16 nitrogen and oxygen atoms in total. The number of phosphoric acid groups is 1. The number of hydrogen-bond donors (Lipinski definition) is 3. The molecule has 1 aliphatic rings. The summed E-state index contributed by atoms with van der Waals surface area (Å²) in [5.41, 5.74) is 5.32. The summed E-state index contributed by atoms with van der Waals surface area (Å²) in [6, 6.07) is 12.1. The van der Waals surface area contributed by atoms with E-state index in [2.05, 4.69) is 28.1 Å². The molecule has 4 heterocycles. The number of nitrogen functional groups attached to an aromatic ring is 1. The van der Waals surface area contributed by atoms with Crippen molar-refractivity contribution in [3.63, 3.8) is 0 Å². The summed E-state index contributed by atoms with van der Waals surface area (Å²) < 4.78 is 49.4. The highest BCUT2D eigenvalue weighted by molar-refractivity contribution is 7.47. The zero-order valence-electron chi connectivity index (χ0n) is 35.0. The number of aliphatic hydroxyl groups is 1. The Morgan fingerprint density at radius 3 is 2.22 bits per heavy atom. The van der Waals surface area contributed by atoms with Gasteiger partial charge in [-0.05, 0) is 38.5 Å². The molecule has 1 unspecified atom stereocenters. The van der Waals surface area contributed by atoms with Gasteiger partial charge < -0.3 is 34.7 Å². The van der Waals surface area contributed by atoms with Crippen molar-refractivity contribution in [2.24, 2.45) is 0 Å². The molecule has 0 radical (unpaired) electrons. The largest absolute Gasteiger partial charge is 0.472 e. The van der Waals surface area contributed by atoms with Crippen LogP contribution < -0.4 is 10.5 Å². The van der Waals surface area contributed by atoms with E-state index in [-0.39, 0.29) is 30.4 Å². The molecule has 0 bridgehead atoms. The number of hydrogen-bond acceptors (Lipinski definition) is 14. The van der Waals surface area contributed by atoms with Gasteiger partial charge in [0, 0.05) is 19.1 Å². The first-order valence-electron chi connectivity index (χ1n) is 21.2. The fraction of sp³-hybridized carbons (Fsp3) is 0.690. The minimum atomic E-state index is -4.81.